The predicted molar refractivity (Wildman–Crippen MR) is 126 cm³/mol. The van der Waals surface area contributed by atoms with E-state index in [1.165, 1.54) is 0 Å². The summed E-state index contributed by atoms with van der Waals surface area (Å²) >= 11 is 5.75. The molecule has 0 aliphatic carbocycles. The first-order valence-corrected chi connectivity index (χ1v) is 14.1. The maximum absolute atomic E-state index is 12.7. The Balaban J connectivity index is 3.55. The predicted octanol–water partition coefficient (Wildman–Crippen LogP) is 6.76. The summed E-state index contributed by atoms with van der Waals surface area (Å²) in [7, 11) is -0.585. The average Bonchev–Trinajstić information content (AvgIpc) is 2.59. The van der Waals surface area contributed by atoms with Crippen LogP contribution >= 0.6 is 38.5 Å². The van der Waals surface area contributed by atoms with Gasteiger partial charge in [0, 0.05) is 16.1 Å². The molecule has 1 rings (SSSR count). The number of halogens is 2. The van der Waals surface area contributed by atoms with E-state index in [0.717, 1.165) is 5.56 Å². The minimum atomic E-state index is -2.16. The second kappa shape index (κ2) is 9.78. The molecule has 1 aromatic carbocycles. The standard InChI is InChI=1S/C20H30BrIO4Si/c1-9-10-25-19(23)17-14(12-22)15(11-16(24-6)18(17)21)26-27(7,8)20(4,5)13(2)3/h9,11,13H,1,10,12H2,2-8H3. The van der Waals surface area contributed by atoms with Crippen molar-refractivity contribution in [3.63, 3.8) is 0 Å². The van der Waals surface area contributed by atoms with Gasteiger partial charge in [-0.3, -0.25) is 0 Å². The van der Waals surface area contributed by atoms with Crippen LogP contribution in [0.4, 0.5) is 0 Å². The first-order chi connectivity index (χ1) is 12.4. The van der Waals surface area contributed by atoms with Crippen LogP contribution in [0.15, 0.2) is 23.2 Å². The van der Waals surface area contributed by atoms with E-state index in [4.69, 9.17) is 13.9 Å². The van der Waals surface area contributed by atoms with Crippen molar-refractivity contribution in [1.82, 2.24) is 0 Å². The van der Waals surface area contributed by atoms with E-state index in [-0.39, 0.29) is 11.6 Å². The van der Waals surface area contributed by atoms with E-state index in [0.29, 0.717) is 31.9 Å². The third kappa shape index (κ3) is 5.29. The third-order valence-corrected chi connectivity index (χ3v) is 11.5. The van der Waals surface area contributed by atoms with Crippen LogP contribution in [0.2, 0.25) is 18.1 Å². The van der Waals surface area contributed by atoms with Crippen LogP contribution in [-0.2, 0) is 9.16 Å². The van der Waals surface area contributed by atoms with Crippen molar-refractivity contribution in [2.24, 2.45) is 5.92 Å². The van der Waals surface area contributed by atoms with Gasteiger partial charge in [-0.05, 0) is 40.0 Å². The van der Waals surface area contributed by atoms with Crippen molar-refractivity contribution in [2.45, 2.75) is 50.3 Å². The molecule has 0 radical (unpaired) electrons. The van der Waals surface area contributed by atoms with Crippen LogP contribution in [-0.4, -0.2) is 28.0 Å². The van der Waals surface area contributed by atoms with Gasteiger partial charge in [-0.15, -0.1) is 0 Å². The maximum atomic E-state index is 12.7. The zero-order valence-electron chi connectivity index (χ0n) is 17.2. The van der Waals surface area contributed by atoms with Gasteiger partial charge in [0.25, 0.3) is 8.32 Å². The zero-order chi connectivity index (χ0) is 21.0. The lowest BCUT2D eigenvalue weighted by Gasteiger charge is -2.43. The molecule has 152 valence electrons. The summed E-state index contributed by atoms with van der Waals surface area (Å²) in [6.07, 6.45) is 1.55. The van der Waals surface area contributed by atoms with Gasteiger partial charge in [-0.25, -0.2) is 4.79 Å². The van der Waals surface area contributed by atoms with Crippen molar-refractivity contribution >= 4 is 52.8 Å². The minimum Gasteiger partial charge on any atom is -0.543 e. The molecule has 0 fully saturated rings. The van der Waals surface area contributed by atoms with Crippen LogP contribution < -0.4 is 9.16 Å². The number of hydrogen-bond acceptors (Lipinski definition) is 4. The van der Waals surface area contributed by atoms with E-state index < -0.39 is 14.3 Å². The summed E-state index contributed by atoms with van der Waals surface area (Å²) in [6, 6.07) is 1.87. The number of ether oxygens (including phenoxy) is 2. The van der Waals surface area contributed by atoms with Crippen LogP contribution in [0.5, 0.6) is 11.5 Å². The first kappa shape index (κ1) is 24.5. The number of hydrogen-bond donors (Lipinski definition) is 0. The minimum absolute atomic E-state index is 0.0410. The average molecular weight is 569 g/mol. The molecular formula is C20H30BrIO4Si. The highest BCUT2D eigenvalue weighted by Crippen LogP contribution is 2.47. The third-order valence-electron chi connectivity index (χ3n) is 5.55. The molecule has 1 aromatic rings. The van der Waals surface area contributed by atoms with Crippen molar-refractivity contribution in [3.05, 3.63) is 34.3 Å². The molecule has 0 bridgehead atoms. The highest BCUT2D eigenvalue weighted by molar-refractivity contribution is 14.1. The quantitative estimate of drug-likeness (QED) is 0.109. The molecule has 0 amide bonds. The molecule has 0 unspecified atom stereocenters. The summed E-state index contributed by atoms with van der Waals surface area (Å²) in [6.45, 7) is 17.1. The molecule has 0 spiro atoms. The van der Waals surface area contributed by atoms with Gasteiger partial charge in [-0.1, -0.05) is 62.9 Å². The molecule has 27 heavy (non-hydrogen) atoms. The van der Waals surface area contributed by atoms with Crippen LogP contribution in [0.3, 0.4) is 0 Å². The summed E-state index contributed by atoms with van der Waals surface area (Å²) in [4.78, 5) is 12.7. The Morgan fingerprint density at radius 3 is 2.41 bits per heavy atom. The lowest BCUT2D eigenvalue weighted by atomic mass is 9.99. The van der Waals surface area contributed by atoms with Crippen molar-refractivity contribution in [2.75, 3.05) is 13.7 Å². The van der Waals surface area contributed by atoms with Crippen molar-refractivity contribution in [3.8, 4) is 11.5 Å². The van der Waals surface area contributed by atoms with Crippen LogP contribution in [0, 0.1) is 5.92 Å². The topological polar surface area (TPSA) is 44.8 Å². The van der Waals surface area contributed by atoms with E-state index in [1.54, 1.807) is 13.2 Å². The molecule has 0 N–H and O–H groups in total. The first-order valence-electron chi connectivity index (χ1n) is 8.86. The Bertz CT molecular complexity index is 702. The number of carbonyl (C=O) groups excluding carboxylic acids is 1. The number of alkyl halides is 1. The van der Waals surface area contributed by atoms with Gasteiger partial charge in [0.2, 0.25) is 0 Å². The van der Waals surface area contributed by atoms with Crippen molar-refractivity contribution in [1.29, 1.82) is 0 Å². The number of carbonyl (C=O) groups is 1. The molecule has 0 heterocycles. The molecule has 0 aliphatic heterocycles. The van der Waals surface area contributed by atoms with Crippen molar-refractivity contribution < 1.29 is 18.7 Å². The van der Waals surface area contributed by atoms with Gasteiger partial charge in [-0.2, -0.15) is 0 Å². The lowest BCUT2D eigenvalue weighted by Crippen LogP contribution is -2.48. The molecule has 7 heteroatoms. The second-order valence-corrected chi connectivity index (χ2v) is 13.8. The Morgan fingerprint density at radius 2 is 1.96 bits per heavy atom. The maximum Gasteiger partial charge on any atom is 0.340 e. The highest BCUT2D eigenvalue weighted by Gasteiger charge is 2.45. The summed E-state index contributed by atoms with van der Waals surface area (Å²) in [5, 5.41) is 0.0410. The fourth-order valence-corrected chi connectivity index (χ4v) is 6.36. The molecule has 4 nitrogen and oxygen atoms in total. The second-order valence-electron chi connectivity index (χ2n) is 7.75. The van der Waals surface area contributed by atoms with Gasteiger partial charge >= 0.3 is 5.97 Å². The molecule has 0 saturated carbocycles. The van der Waals surface area contributed by atoms with E-state index in [2.05, 4.69) is 85.9 Å². The van der Waals surface area contributed by atoms with Gasteiger partial charge in [0.15, 0.2) is 0 Å². The van der Waals surface area contributed by atoms with Gasteiger partial charge in [0.1, 0.15) is 18.1 Å². The summed E-state index contributed by atoms with van der Waals surface area (Å²) < 4.78 is 18.6. The monoisotopic (exact) mass is 568 g/mol. The fraction of sp³-hybridized carbons (Fsp3) is 0.550. The Kier molecular flexibility index (Phi) is 8.87. The van der Waals surface area contributed by atoms with E-state index in [1.807, 2.05) is 6.07 Å². The number of rotatable bonds is 9. The summed E-state index contributed by atoms with van der Waals surface area (Å²) in [5.41, 5.74) is 1.27. The largest absolute Gasteiger partial charge is 0.543 e. The molecule has 0 aliphatic rings. The van der Waals surface area contributed by atoms with E-state index >= 15 is 0 Å². The Labute approximate surface area is 186 Å². The number of benzene rings is 1. The smallest absolute Gasteiger partial charge is 0.340 e. The van der Waals surface area contributed by atoms with Crippen LogP contribution in [0.25, 0.3) is 0 Å². The zero-order valence-corrected chi connectivity index (χ0v) is 22.0. The Hall–Kier alpha value is -0.543. The van der Waals surface area contributed by atoms with Gasteiger partial charge in [0.05, 0.1) is 17.1 Å². The van der Waals surface area contributed by atoms with E-state index in [9.17, 15) is 4.79 Å². The fourth-order valence-electron chi connectivity index (χ4n) is 2.54. The highest BCUT2D eigenvalue weighted by atomic mass is 127. The lowest BCUT2D eigenvalue weighted by molar-refractivity contribution is 0.0547. The van der Waals surface area contributed by atoms with Crippen LogP contribution in [0.1, 0.15) is 43.6 Å². The SMILES string of the molecule is C=CCOC(=O)c1c(Br)c(OC)cc(O[Si](C)(C)C(C)(C)C(C)C)c1CI. The normalized spacial score (nSPS) is 12.1. The number of methoxy groups -OCH3 is 1. The Morgan fingerprint density at radius 1 is 1.37 bits per heavy atom. The molecule has 0 saturated heterocycles. The van der Waals surface area contributed by atoms with Gasteiger partial charge < -0.3 is 13.9 Å². The molecular weight excluding hydrogens is 539 g/mol. The molecule has 0 aromatic heterocycles. The molecule has 0 atom stereocenters. The number of esters is 1. The summed E-state index contributed by atoms with van der Waals surface area (Å²) in [5.74, 6) is 1.30.